The van der Waals surface area contributed by atoms with Crippen molar-refractivity contribution in [2.75, 3.05) is 12.4 Å². The number of nitrogens with one attached hydrogen (secondary N) is 2. The Morgan fingerprint density at radius 2 is 1.95 bits per heavy atom. The average Bonchev–Trinajstić information content (AvgIpc) is 2.43. The van der Waals surface area contributed by atoms with Gasteiger partial charge in [-0.15, -0.1) is 0 Å². The van der Waals surface area contributed by atoms with E-state index < -0.39 is 14.9 Å². The second-order valence-electron chi connectivity index (χ2n) is 5.07. The lowest BCUT2D eigenvalue weighted by atomic mass is 10.0. The van der Waals surface area contributed by atoms with Gasteiger partial charge in [-0.05, 0) is 18.4 Å². The fraction of sp³-hybridized carbons (Fsp3) is 0.538. The number of hydrogen-bond donors (Lipinski definition) is 2. The number of nitro groups is 1. The highest BCUT2D eigenvalue weighted by atomic mass is 32.2. The number of hydrogen-bond acceptors (Lipinski definition) is 5. The van der Waals surface area contributed by atoms with Gasteiger partial charge in [0, 0.05) is 25.2 Å². The largest absolute Gasteiger partial charge is 0.387 e. The Balaban J connectivity index is 3.22. The second kappa shape index (κ2) is 6.86. The van der Waals surface area contributed by atoms with Gasteiger partial charge in [-0.2, -0.15) is 0 Å². The summed E-state index contributed by atoms with van der Waals surface area (Å²) in [6.07, 6.45) is 0.665. The molecule has 1 aromatic rings. The minimum atomic E-state index is -3.74. The van der Waals surface area contributed by atoms with Gasteiger partial charge in [-0.3, -0.25) is 10.1 Å². The maximum absolute atomic E-state index is 12.4. The molecule has 0 saturated heterocycles. The number of rotatable bonds is 7. The van der Waals surface area contributed by atoms with Gasteiger partial charge in [0.25, 0.3) is 5.69 Å². The number of benzene rings is 1. The summed E-state index contributed by atoms with van der Waals surface area (Å²) in [6, 6.07) is 3.46. The predicted octanol–water partition coefficient (Wildman–Crippen LogP) is 2.35. The average molecular weight is 315 g/mol. The fourth-order valence-electron chi connectivity index (χ4n) is 2.01. The van der Waals surface area contributed by atoms with Crippen LogP contribution in [0.25, 0.3) is 0 Å². The molecule has 2 N–H and O–H groups in total. The quantitative estimate of drug-likeness (QED) is 0.594. The van der Waals surface area contributed by atoms with Gasteiger partial charge in [-0.1, -0.05) is 20.8 Å². The van der Waals surface area contributed by atoms with E-state index in [0.717, 1.165) is 0 Å². The zero-order valence-electron chi connectivity index (χ0n) is 12.6. The summed E-state index contributed by atoms with van der Waals surface area (Å²) < 4.78 is 27.5. The van der Waals surface area contributed by atoms with E-state index >= 15 is 0 Å². The van der Waals surface area contributed by atoms with E-state index in [9.17, 15) is 18.5 Å². The monoisotopic (exact) mass is 315 g/mol. The predicted molar refractivity (Wildman–Crippen MR) is 81.9 cm³/mol. The molecule has 1 aromatic carbocycles. The van der Waals surface area contributed by atoms with Crippen LogP contribution in [0.3, 0.4) is 0 Å². The lowest BCUT2D eigenvalue weighted by Gasteiger charge is -2.21. The number of sulfonamides is 1. The van der Waals surface area contributed by atoms with E-state index in [-0.39, 0.29) is 28.2 Å². The molecule has 0 aromatic heterocycles. The summed E-state index contributed by atoms with van der Waals surface area (Å²) >= 11 is 0. The first-order valence-corrected chi connectivity index (χ1v) is 8.19. The summed E-state index contributed by atoms with van der Waals surface area (Å²) in [5.74, 6) is 0.154. The highest BCUT2D eigenvalue weighted by molar-refractivity contribution is 7.89. The molecule has 0 spiro atoms. The molecule has 0 heterocycles. The number of nitro benzene ring substituents is 1. The van der Waals surface area contributed by atoms with Crippen LogP contribution in [-0.4, -0.2) is 26.4 Å². The molecule has 1 unspecified atom stereocenters. The molecule has 0 radical (unpaired) electrons. The van der Waals surface area contributed by atoms with Gasteiger partial charge in [0.1, 0.15) is 4.90 Å². The molecule has 21 heavy (non-hydrogen) atoms. The van der Waals surface area contributed by atoms with E-state index in [1.165, 1.54) is 25.2 Å². The lowest BCUT2D eigenvalue weighted by Crippen LogP contribution is -2.38. The first-order chi connectivity index (χ1) is 9.72. The van der Waals surface area contributed by atoms with E-state index in [4.69, 9.17) is 0 Å². The first-order valence-electron chi connectivity index (χ1n) is 6.71. The van der Waals surface area contributed by atoms with Crippen LogP contribution < -0.4 is 10.0 Å². The zero-order chi connectivity index (χ0) is 16.2. The van der Waals surface area contributed by atoms with Gasteiger partial charge in [0.05, 0.1) is 10.6 Å². The van der Waals surface area contributed by atoms with Crippen LogP contribution in [0.5, 0.6) is 0 Å². The Labute approximate surface area is 124 Å². The van der Waals surface area contributed by atoms with Crippen molar-refractivity contribution >= 4 is 21.4 Å². The Morgan fingerprint density at radius 3 is 2.38 bits per heavy atom. The van der Waals surface area contributed by atoms with Gasteiger partial charge in [0.15, 0.2) is 0 Å². The molecule has 0 amide bonds. The molecule has 8 heteroatoms. The molecule has 0 aliphatic carbocycles. The van der Waals surface area contributed by atoms with Crippen molar-refractivity contribution in [3.05, 3.63) is 28.3 Å². The van der Waals surface area contributed by atoms with Crippen LogP contribution in [0.2, 0.25) is 0 Å². The van der Waals surface area contributed by atoms with Crippen molar-refractivity contribution in [1.29, 1.82) is 0 Å². The number of anilines is 1. The summed E-state index contributed by atoms with van der Waals surface area (Å²) in [5, 5.41) is 13.5. The van der Waals surface area contributed by atoms with Crippen molar-refractivity contribution in [2.24, 2.45) is 5.92 Å². The van der Waals surface area contributed by atoms with Gasteiger partial charge < -0.3 is 5.32 Å². The number of nitrogens with zero attached hydrogens (tertiary/aromatic N) is 1. The Kier molecular flexibility index (Phi) is 5.68. The minimum absolute atomic E-state index is 0.00898. The van der Waals surface area contributed by atoms with E-state index in [1.54, 1.807) is 0 Å². The maximum Gasteiger partial charge on any atom is 0.271 e. The Morgan fingerprint density at radius 1 is 1.33 bits per heavy atom. The van der Waals surface area contributed by atoms with Crippen molar-refractivity contribution in [1.82, 2.24) is 4.72 Å². The molecule has 118 valence electrons. The van der Waals surface area contributed by atoms with Crippen LogP contribution >= 0.6 is 0 Å². The standard InChI is InChI=1S/C13H21N3O4S/c1-5-11(9(2)3)15-21(19,20)13-7-6-10(16(17)18)8-12(13)14-4/h6-9,11,14-15H,5H2,1-4H3. The first kappa shape index (κ1) is 17.4. The maximum atomic E-state index is 12.4. The molecular formula is C13H21N3O4S. The third-order valence-corrected chi connectivity index (χ3v) is 4.83. The fourth-order valence-corrected chi connectivity index (χ4v) is 3.68. The molecule has 1 atom stereocenters. The third-order valence-electron chi connectivity index (χ3n) is 3.28. The van der Waals surface area contributed by atoms with E-state index in [0.29, 0.717) is 6.42 Å². The van der Waals surface area contributed by atoms with Crippen molar-refractivity contribution < 1.29 is 13.3 Å². The highest BCUT2D eigenvalue weighted by Crippen LogP contribution is 2.26. The molecule has 0 fully saturated rings. The Hall–Kier alpha value is -1.67. The minimum Gasteiger partial charge on any atom is -0.387 e. The van der Waals surface area contributed by atoms with Gasteiger partial charge >= 0.3 is 0 Å². The normalized spacial score (nSPS) is 13.2. The highest BCUT2D eigenvalue weighted by Gasteiger charge is 2.25. The van der Waals surface area contributed by atoms with E-state index in [2.05, 4.69) is 10.0 Å². The summed E-state index contributed by atoms with van der Waals surface area (Å²) in [6.45, 7) is 5.78. The molecule has 0 saturated carbocycles. The lowest BCUT2D eigenvalue weighted by molar-refractivity contribution is -0.384. The van der Waals surface area contributed by atoms with Gasteiger partial charge in [0.2, 0.25) is 10.0 Å². The number of non-ortho nitro benzene ring substituents is 1. The summed E-state index contributed by atoms with van der Waals surface area (Å²) in [7, 11) is -2.21. The van der Waals surface area contributed by atoms with Crippen LogP contribution in [0, 0.1) is 16.0 Å². The van der Waals surface area contributed by atoms with E-state index in [1.807, 2.05) is 20.8 Å². The van der Waals surface area contributed by atoms with Crippen molar-refractivity contribution in [3.8, 4) is 0 Å². The second-order valence-corrected chi connectivity index (χ2v) is 6.75. The summed E-state index contributed by atoms with van der Waals surface area (Å²) in [4.78, 5) is 10.2. The van der Waals surface area contributed by atoms with Crippen LogP contribution in [0.1, 0.15) is 27.2 Å². The Bertz CT molecular complexity index is 614. The SMILES string of the molecule is CCC(NS(=O)(=O)c1ccc([N+](=O)[O-])cc1NC)C(C)C. The van der Waals surface area contributed by atoms with Gasteiger partial charge in [-0.25, -0.2) is 13.1 Å². The van der Waals surface area contributed by atoms with Crippen molar-refractivity contribution in [3.63, 3.8) is 0 Å². The molecule has 0 aliphatic heterocycles. The van der Waals surface area contributed by atoms with Crippen LogP contribution in [0.15, 0.2) is 23.1 Å². The zero-order valence-corrected chi connectivity index (χ0v) is 13.4. The molecule has 7 nitrogen and oxygen atoms in total. The molecule has 1 rings (SSSR count). The molecule has 0 bridgehead atoms. The summed E-state index contributed by atoms with van der Waals surface area (Å²) in [5.41, 5.74) is 0.0458. The van der Waals surface area contributed by atoms with Crippen LogP contribution in [-0.2, 0) is 10.0 Å². The topological polar surface area (TPSA) is 101 Å². The molecule has 0 aliphatic rings. The van der Waals surface area contributed by atoms with Crippen LogP contribution in [0.4, 0.5) is 11.4 Å². The smallest absolute Gasteiger partial charge is 0.271 e. The van der Waals surface area contributed by atoms with Crippen molar-refractivity contribution in [2.45, 2.75) is 38.1 Å². The molecular weight excluding hydrogens is 294 g/mol. The third kappa shape index (κ3) is 4.15.